The standard InChI is InChI=1S/C14H31BO16P4/c1-3-9-5-10(16)12(27-9)7-25-33(19,20)29-11-6-14(15)28-13(11)8-26-34(21,22)31-35(23,24)30-32(17,18)4-2/h9-14,16H,3-8,15H2,1-2H3,(H,17,18)(H,19,20)(H,21,22)(H,23,24)/t9-,10-,11-,12+,13+,14+/m0/s1. The fraction of sp³-hybridized carbons (Fsp3) is 1.00. The lowest BCUT2D eigenvalue weighted by Gasteiger charge is -2.23. The van der Waals surface area contributed by atoms with Crippen molar-refractivity contribution in [3.05, 3.63) is 0 Å². The SMILES string of the molecule is B[C@H]1C[C@H](OP(=O)(O)OC[C@H]2O[C@@H](CC)C[C@@H]2O)[C@@H](COP(=O)(O)OP(=O)(O)OP(=O)(O)CC)O1. The molecule has 2 fully saturated rings. The number of ether oxygens (including phenoxy) is 2. The Bertz CT molecular complexity index is 903. The van der Waals surface area contributed by atoms with Crippen LogP contribution in [0.2, 0.25) is 0 Å². The van der Waals surface area contributed by atoms with Crippen molar-refractivity contribution in [3.63, 3.8) is 0 Å². The van der Waals surface area contributed by atoms with Crippen molar-refractivity contribution >= 4 is 38.9 Å². The van der Waals surface area contributed by atoms with Crippen LogP contribution >= 0.6 is 31.1 Å². The number of hydrogen-bond acceptors (Lipinski definition) is 12. The van der Waals surface area contributed by atoms with Gasteiger partial charge in [-0.05, 0) is 12.8 Å². The number of hydrogen-bond donors (Lipinski definition) is 5. The summed E-state index contributed by atoms with van der Waals surface area (Å²) in [6.45, 7) is 1.82. The smallest absolute Gasteiger partial charge is 0.390 e. The summed E-state index contributed by atoms with van der Waals surface area (Å²) < 4.78 is 81.2. The van der Waals surface area contributed by atoms with Crippen LogP contribution in [-0.2, 0) is 49.9 Å². The van der Waals surface area contributed by atoms with Gasteiger partial charge in [-0.1, -0.05) is 13.8 Å². The number of aliphatic hydroxyl groups excluding tert-OH is 1. The molecule has 2 heterocycles. The zero-order chi connectivity index (χ0) is 26.7. The van der Waals surface area contributed by atoms with E-state index in [0.29, 0.717) is 12.8 Å². The quantitative estimate of drug-likeness (QED) is 0.138. The molecule has 35 heavy (non-hydrogen) atoms. The molecule has 2 saturated heterocycles. The van der Waals surface area contributed by atoms with Crippen molar-refractivity contribution in [2.75, 3.05) is 19.4 Å². The molecule has 5 N–H and O–H groups in total. The second-order valence-corrected chi connectivity index (χ2v) is 14.7. The number of aliphatic hydroxyl groups is 1. The molecular weight excluding hydrogens is 559 g/mol. The fourth-order valence-electron chi connectivity index (χ4n) is 3.33. The number of phosphoric acid groups is 3. The summed E-state index contributed by atoms with van der Waals surface area (Å²) in [4.78, 5) is 38.5. The molecule has 4 unspecified atom stereocenters. The van der Waals surface area contributed by atoms with E-state index >= 15 is 0 Å². The predicted octanol–water partition coefficient (Wildman–Crippen LogP) is 0.621. The van der Waals surface area contributed by atoms with E-state index in [1.165, 1.54) is 6.92 Å². The van der Waals surface area contributed by atoms with Crippen molar-refractivity contribution in [3.8, 4) is 0 Å². The topological polar surface area (TPSA) is 234 Å². The van der Waals surface area contributed by atoms with Gasteiger partial charge >= 0.3 is 31.1 Å². The Kier molecular flexibility index (Phi) is 11.4. The minimum atomic E-state index is -5.47. The molecule has 0 aliphatic carbocycles. The molecule has 0 amide bonds. The third-order valence-corrected chi connectivity index (χ3v) is 10.8. The van der Waals surface area contributed by atoms with Crippen molar-refractivity contribution < 1.29 is 74.6 Å². The molecule has 10 atom stereocenters. The van der Waals surface area contributed by atoms with Crippen LogP contribution < -0.4 is 0 Å². The van der Waals surface area contributed by atoms with Crippen molar-refractivity contribution in [1.82, 2.24) is 0 Å². The van der Waals surface area contributed by atoms with Gasteiger partial charge in [0.15, 0.2) is 0 Å². The molecule has 0 aromatic heterocycles. The maximum absolute atomic E-state index is 12.4. The molecule has 0 aromatic carbocycles. The highest BCUT2D eigenvalue weighted by Gasteiger charge is 2.44. The molecule has 21 heteroatoms. The normalized spacial score (nSPS) is 36.2. The van der Waals surface area contributed by atoms with E-state index in [-0.39, 0.29) is 12.5 Å². The van der Waals surface area contributed by atoms with E-state index in [1.54, 1.807) is 7.85 Å². The van der Waals surface area contributed by atoms with Crippen LogP contribution in [0.4, 0.5) is 0 Å². The van der Waals surface area contributed by atoms with Crippen LogP contribution in [0.15, 0.2) is 0 Å². The van der Waals surface area contributed by atoms with Gasteiger partial charge in [0.2, 0.25) is 0 Å². The van der Waals surface area contributed by atoms with Gasteiger partial charge in [-0.15, -0.1) is 0 Å². The molecule has 206 valence electrons. The molecular formula is C14H31BO16P4. The Balaban J connectivity index is 1.91. The lowest BCUT2D eigenvalue weighted by molar-refractivity contribution is -0.0342. The van der Waals surface area contributed by atoms with Crippen LogP contribution in [0.25, 0.3) is 0 Å². The monoisotopic (exact) mass is 590 g/mol. The average molecular weight is 590 g/mol. The van der Waals surface area contributed by atoms with Gasteiger partial charge in [-0.25, -0.2) is 18.0 Å². The summed E-state index contributed by atoms with van der Waals surface area (Å²) in [5.41, 5.74) is 0. The molecule has 2 rings (SSSR count). The average Bonchev–Trinajstić information content (AvgIpc) is 3.24. The predicted molar refractivity (Wildman–Crippen MR) is 120 cm³/mol. The van der Waals surface area contributed by atoms with E-state index in [4.69, 9.17) is 18.5 Å². The summed E-state index contributed by atoms with van der Waals surface area (Å²) in [6, 6.07) is -0.532. The summed E-state index contributed by atoms with van der Waals surface area (Å²) in [6.07, 6.45) is -3.76. The van der Waals surface area contributed by atoms with E-state index < -0.39 is 80.9 Å². The minimum absolute atomic E-state index is 0.0603. The summed E-state index contributed by atoms with van der Waals surface area (Å²) in [5, 5.41) is 9.96. The first-order valence-corrected chi connectivity index (χ1v) is 16.9. The molecule has 0 bridgehead atoms. The zero-order valence-electron chi connectivity index (χ0n) is 19.2. The van der Waals surface area contributed by atoms with Gasteiger partial charge < -0.3 is 34.2 Å². The van der Waals surface area contributed by atoms with Crippen LogP contribution in [0.5, 0.6) is 0 Å². The highest BCUT2D eigenvalue weighted by molar-refractivity contribution is 7.68. The number of rotatable bonds is 14. The highest BCUT2D eigenvalue weighted by atomic mass is 31.3. The molecule has 0 saturated carbocycles. The number of phosphoric ester groups is 2. The van der Waals surface area contributed by atoms with Gasteiger partial charge in [0.05, 0.1) is 31.5 Å². The van der Waals surface area contributed by atoms with Gasteiger partial charge in [0.1, 0.15) is 20.1 Å². The van der Waals surface area contributed by atoms with Crippen LogP contribution in [-0.4, -0.2) is 88.4 Å². The zero-order valence-corrected chi connectivity index (χ0v) is 22.8. The van der Waals surface area contributed by atoms with E-state index in [0.717, 1.165) is 0 Å². The third kappa shape index (κ3) is 10.7. The van der Waals surface area contributed by atoms with Crippen LogP contribution in [0.1, 0.15) is 33.1 Å². The van der Waals surface area contributed by atoms with Crippen molar-refractivity contribution in [2.24, 2.45) is 0 Å². The van der Waals surface area contributed by atoms with Crippen molar-refractivity contribution in [1.29, 1.82) is 0 Å². The van der Waals surface area contributed by atoms with Gasteiger partial charge in [-0.2, -0.15) is 4.31 Å². The Morgan fingerprint density at radius 2 is 1.46 bits per heavy atom. The lowest BCUT2D eigenvalue weighted by Crippen LogP contribution is -2.30. The molecule has 0 aromatic rings. The second-order valence-electron chi connectivity index (χ2n) is 7.99. The largest absolute Gasteiger partial charge is 0.488 e. The molecule has 16 nitrogen and oxygen atoms in total. The summed E-state index contributed by atoms with van der Waals surface area (Å²) in [7, 11) is -18.4. The third-order valence-electron chi connectivity index (χ3n) is 5.05. The molecule has 0 spiro atoms. The molecule has 2 aliphatic heterocycles. The van der Waals surface area contributed by atoms with Gasteiger partial charge in [0, 0.05) is 18.6 Å². The minimum Gasteiger partial charge on any atom is -0.390 e. The Morgan fingerprint density at radius 1 is 0.857 bits per heavy atom. The Hall–Kier alpha value is 0.505. The first kappa shape index (κ1) is 31.7. The lowest BCUT2D eigenvalue weighted by atomic mass is 9.96. The molecule has 0 radical (unpaired) electrons. The fourth-order valence-corrected chi connectivity index (χ4v) is 8.00. The van der Waals surface area contributed by atoms with E-state index in [2.05, 4.69) is 13.1 Å². The van der Waals surface area contributed by atoms with E-state index in [9.17, 15) is 42.9 Å². The van der Waals surface area contributed by atoms with Gasteiger partial charge in [0.25, 0.3) is 0 Å². The molecule has 2 aliphatic rings. The summed E-state index contributed by atoms with van der Waals surface area (Å²) in [5.74, 6) is 0. The van der Waals surface area contributed by atoms with Crippen LogP contribution in [0, 0.1) is 0 Å². The Morgan fingerprint density at radius 3 is 2.03 bits per heavy atom. The second kappa shape index (κ2) is 12.6. The van der Waals surface area contributed by atoms with Crippen molar-refractivity contribution in [2.45, 2.75) is 69.6 Å². The first-order valence-electron chi connectivity index (χ1n) is 10.7. The highest BCUT2D eigenvalue weighted by Crippen LogP contribution is 2.67. The van der Waals surface area contributed by atoms with Gasteiger partial charge in [-0.3, -0.25) is 18.1 Å². The Labute approximate surface area is 203 Å². The van der Waals surface area contributed by atoms with E-state index in [1.807, 2.05) is 6.92 Å². The first-order chi connectivity index (χ1) is 16.0. The summed E-state index contributed by atoms with van der Waals surface area (Å²) >= 11 is 0. The maximum atomic E-state index is 12.4. The maximum Gasteiger partial charge on any atom is 0.488 e. The van der Waals surface area contributed by atoms with Crippen LogP contribution in [0.3, 0.4) is 0 Å².